The molecule has 0 aliphatic rings. The Balaban J connectivity index is 1.56. The van der Waals surface area contributed by atoms with Crippen LogP contribution in [0.15, 0.2) is 63.2 Å². The maximum atomic E-state index is 12.7. The number of aromatic nitrogens is 1. The molecule has 0 aliphatic heterocycles. The van der Waals surface area contributed by atoms with Gasteiger partial charge in [0, 0.05) is 16.3 Å². The Hall–Kier alpha value is -3.17. The number of carbonyl (C=O) groups is 1. The molecule has 4 rings (SSSR count). The van der Waals surface area contributed by atoms with Crippen LogP contribution in [0, 0.1) is 0 Å². The third kappa shape index (κ3) is 4.26. The van der Waals surface area contributed by atoms with E-state index in [1.165, 1.54) is 23.5 Å². The van der Waals surface area contributed by atoms with E-state index in [0.29, 0.717) is 34.5 Å². The van der Waals surface area contributed by atoms with Gasteiger partial charge in [-0.15, -0.1) is 11.3 Å². The molecule has 0 spiro atoms. The van der Waals surface area contributed by atoms with Crippen molar-refractivity contribution >= 4 is 43.2 Å². The van der Waals surface area contributed by atoms with E-state index in [0.717, 1.165) is 5.39 Å². The molecule has 1 N–H and O–H groups in total. The molecule has 0 aliphatic carbocycles. The number of rotatable bonds is 7. The van der Waals surface area contributed by atoms with Crippen molar-refractivity contribution in [2.75, 3.05) is 11.9 Å². The number of anilines is 1. The Morgan fingerprint density at radius 2 is 1.97 bits per heavy atom. The topological polar surface area (TPSA) is 98.5 Å². The Kier molecular flexibility index (Phi) is 6.03. The number of fused-ring (bicyclic) bond motifs is 1. The van der Waals surface area contributed by atoms with Crippen LogP contribution in [0.4, 0.5) is 5.13 Å². The average molecular weight is 471 g/mol. The first-order valence-corrected chi connectivity index (χ1v) is 12.5. The summed E-state index contributed by atoms with van der Waals surface area (Å²) in [7, 11) is -3.47. The number of sulfone groups is 1. The van der Waals surface area contributed by atoms with E-state index in [1.807, 2.05) is 31.2 Å². The third-order valence-corrected chi connectivity index (χ3v) is 7.74. The number of furan rings is 1. The first kappa shape index (κ1) is 22.0. The molecule has 0 bridgehead atoms. The molecule has 0 fully saturated rings. The SMILES string of the molecule is CCOc1cccc2cc(-c3csc(NC(=O)c4cccc(S(=O)(=O)C(C)C)c4)n3)oc12. The predicted molar refractivity (Wildman–Crippen MR) is 125 cm³/mol. The van der Waals surface area contributed by atoms with Crippen LogP contribution in [0.25, 0.3) is 22.4 Å². The summed E-state index contributed by atoms with van der Waals surface area (Å²) in [5.41, 5.74) is 1.47. The highest BCUT2D eigenvalue weighted by Gasteiger charge is 2.21. The molecule has 4 aromatic rings. The monoisotopic (exact) mass is 470 g/mol. The van der Waals surface area contributed by atoms with Crippen molar-refractivity contribution in [3.63, 3.8) is 0 Å². The molecule has 2 aromatic carbocycles. The lowest BCUT2D eigenvalue weighted by atomic mass is 10.2. The number of amides is 1. The van der Waals surface area contributed by atoms with E-state index in [-0.39, 0.29) is 10.5 Å². The number of hydrogen-bond acceptors (Lipinski definition) is 7. The first-order chi connectivity index (χ1) is 15.3. The van der Waals surface area contributed by atoms with Crippen LogP contribution < -0.4 is 10.1 Å². The van der Waals surface area contributed by atoms with E-state index >= 15 is 0 Å². The normalized spacial score (nSPS) is 11.8. The number of thiazole rings is 1. The summed E-state index contributed by atoms with van der Waals surface area (Å²) >= 11 is 1.25. The van der Waals surface area contributed by atoms with Crippen LogP contribution in [0.1, 0.15) is 31.1 Å². The van der Waals surface area contributed by atoms with Gasteiger partial charge in [-0.1, -0.05) is 18.2 Å². The van der Waals surface area contributed by atoms with Gasteiger partial charge in [0.15, 0.2) is 32.1 Å². The van der Waals surface area contributed by atoms with Gasteiger partial charge in [-0.3, -0.25) is 10.1 Å². The Morgan fingerprint density at radius 1 is 1.19 bits per heavy atom. The average Bonchev–Trinajstić information content (AvgIpc) is 3.41. The lowest BCUT2D eigenvalue weighted by Crippen LogP contribution is -2.16. The highest BCUT2D eigenvalue weighted by Crippen LogP contribution is 2.34. The third-order valence-electron chi connectivity index (χ3n) is 4.83. The van der Waals surface area contributed by atoms with Crippen molar-refractivity contribution in [2.24, 2.45) is 0 Å². The summed E-state index contributed by atoms with van der Waals surface area (Å²) < 4.78 is 36.4. The van der Waals surface area contributed by atoms with Crippen LogP contribution in [0.2, 0.25) is 0 Å². The minimum atomic E-state index is -3.47. The van der Waals surface area contributed by atoms with Gasteiger partial charge < -0.3 is 9.15 Å². The quantitative estimate of drug-likeness (QED) is 0.389. The fraction of sp³-hybridized carbons (Fsp3) is 0.217. The standard InChI is InChI=1S/C23H22N2O5S2/c1-4-29-19-10-6-7-15-12-20(30-21(15)19)18-13-31-23(24-18)25-22(26)16-8-5-9-17(11-16)32(27,28)14(2)3/h5-14H,4H2,1-3H3,(H,24,25,26). The maximum Gasteiger partial charge on any atom is 0.257 e. The zero-order chi connectivity index (χ0) is 22.9. The Labute approximate surface area is 190 Å². The number of benzene rings is 2. The van der Waals surface area contributed by atoms with Crippen LogP contribution in [-0.2, 0) is 9.84 Å². The maximum absolute atomic E-state index is 12.7. The minimum Gasteiger partial charge on any atom is -0.490 e. The number of carbonyl (C=O) groups excluding carboxylic acids is 1. The Morgan fingerprint density at radius 3 is 2.72 bits per heavy atom. The van der Waals surface area contributed by atoms with E-state index < -0.39 is 21.0 Å². The molecule has 2 heterocycles. The fourth-order valence-corrected chi connectivity index (χ4v) is 4.93. The van der Waals surface area contributed by atoms with Gasteiger partial charge in [-0.05, 0) is 51.1 Å². The molecule has 0 unspecified atom stereocenters. The smallest absolute Gasteiger partial charge is 0.257 e. The van der Waals surface area contributed by atoms with Gasteiger partial charge in [0.05, 0.1) is 16.8 Å². The van der Waals surface area contributed by atoms with Gasteiger partial charge in [0.25, 0.3) is 5.91 Å². The van der Waals surface area contributed by atoms with Crippen LogP contribution >= 0.6 is 11.3 Å². The summed E-state index contributed by atoms with van der Waals surface area (Å²) in [4.78, 5) is 17.3. The zero-order valence-electron chi connectivity index (χ0n) is 17.8. The summed E-state index contributed by atoms with van der Waals surface area (Å²) in [6.07, 6.45) is 0. The van der Waals surface area contributed by atoms with Crippen LogP contribution in [0.3, 0.4) is 0 Å². The fourth-order valence-electron chi connectivity index (χ4n) is 3.13. The second kappa shape index (κ2) is 8.76. The molecular formula is C23H22N2O5S2. The molecule has 2 aromatic heterocycles. The summed E-state index contributed by atoms with van der Waals surface area (Å²) in [5.74, 6) is 0.792. The van der Waals surface area contributed by atoms with Crippen LogP contribution in [0.5, 0.6) is 5.75 Å². The van der Waals surface area contributed by atoms with Crippen molar-refractivity contribution in [3.05, 3.63) is 59.5 Å². The number of ether oxygens (including phenoxy) is 1. The number of hydrogen-bond donors (Lipinski definition) is 1. The lowest BCUT2D eigenvalue weighted by molar-refractivity contribution is 0.102. The molecule has 166 valence electrons. The molecule has 0 atom stereocenters. The molecule has 1 amide bonds. The van der Waals surface area contributed by atoms with Crippen molar-refractivity contribution < 1.29 is 22.4 Å². The van der Waals surface area contributed by atoms with Gasteiger partial charge in [0.1, 0.15) is 5.69 Å². The molecule has 32 heavy (non-hydrogen) atoms. The second-order valence-electron chi connectivity index (χ2n) is 7.33. The minimum absolute atomic E-state index is 0.118. The van der Waals surface area contributed by atoms with Gasteiger partial charge in [-0.2, -0.15) is 0 Å². The van der Waals surface area contributed by atoms with Crippen LogP contribution in [-0.4, -0.2) is 31.2 Å². The van der Waals surface area contributed by atoms with E-state index in [9.17, 15) is 13.2 Å². The van der Waals surface area contributed by atoms with Crippen molar-refractivity contribution in [1.29, 1.82) is 0 Å². The second-order valence-corrected chi connectivity index (χ2v) is 10.7. The number of nitrogens with one attached hydrogen (secondary N) is 1. The molecule has 0 radical (unpaired) electrons. The molecule has 0 saturated heterocycles. The van der Waals surface area contributed by atoms with Crippen molar-refractivity contribution in [3.8, 4) is 17.2 Å². The molecular weight excluding hydrogens is 448 g/mol. The summed E-state index contributed by atoms with van der Waals surface area (Å²) in [6.45, 7) is 5.65. The summed E-state index contributed by atoms with van der Waals surface area (Å²) in [6, 6.07) is 13.5. The van der Waals surface area contributed by atoms with Gasteiger partial charge in [-0.25, -0.2) is 13.4 Å². The van der Waals surface area contributed by atoms with E-state index in [4.69, 9.17) is 9.15 Å². The number of nitrogens with zero attached hydrogens (tertiary/aromatic N) is 1. The van der Waals surface area contributed by atoms with Gasteiger partial charge in [0.2, 0.25) is 0 Å². The molecule has 7 nitrogen and oxygen atoms in total. The lowest BCUT2D eigenvalue weighted by Gasteiger charge is -2.09. The van der Waals surface area contributed by atoms with E-state index in [2.05, 4.69) is 10.3 Å². The van der Waals surface area contributed by atoms with Gasteiger partial charge >= 0.3 is 0 Å². The number of para-hydroxylation sites is 1. The zero-order valence-corrected chi connectivity index (χ0v) is 19.4. The summed E-state index contributed by atoms with van der Waals surface area (Å²) in [5, 5.41) is 5.22. The van der Waals surface area contributed by atoms with Crippen molar-refractivity contribution in [2.45, 2.75) is 30.9 Å². The first-order valence-electron chi connectivity index (χ1n) is 10.1. The largest absolute Gasteiger partial charge is 0.490 e. The molecule has 9 heteroatoms. The Bertz CT molecular complexity index is 1390. The predicted octanol–water partition coefficient (Wildman–Crippen LogP) is 5.39. The van der Waals surface area contributed by atoms with E-state index in [1.54, 1.807) is 31.4 Å². The highest BCUT2D eigenvalue weighted by atomic mass is 32.2. The highest BCUT2D eigenvalue weighted by molar-refractivity contribution is 7.92. The van der Waals surface area contributed by atoms with Crippen molar-refractivity contribution in [1.82, 2.24) is 4.98 Å². The molecule has 0 saturated carbocycles.